The molecule has 1 unspecified atom stereocenters. The van der Waals surface area contributed by atoms with Crippen molar-refractivity contribution in [1.29, 1.82) is 0 Å². The summed E-state index contributed by atoms with van der Waals surface area (Å²) in [6.45, 7) is 2.37. The van der Waals surface area contributed by atoms with Crippen LogP contribution < -0.4 is 4.74 Å². The summed E-state index contributed by atoms with van der Waals surface area (Å²) in [5.74, 6) is 0.458. The predicted molar refractivity (Wildman–Crippen MR) is 75.5 cm³/mol. The van der Waals surface area contributed by atoms with Gasteiger partial charge in [0.25, 0.3) is 0 Å². The number of benzene rings is 2. The minimum Gasteiger partial charge on any atom is -0.493 e. The number of fused-ring (bicyclic) bond motifs is 1. The zero-order valence-corrected chi connectivity index (χ0v) is 11.4. The first kappa shape index (κ1) is 13.1. The number of para-hydroxylation sites is 1. The molecule has 2 aromatic rings. The Kier molecular flexibility index (Phi) is 3.45. The fourth-order valence-electron chi connectivity index (χ4n) is 2.59. The van der Waals surface area contributed by atoms with Crippen molar-refractivity contribution < 1.29 is 14.2 Å². The van der Waals surface area contributed by atoms with Crippen molar-refractivity contribution in [2.45, 2.75) is 25.9 Å². The van der Waals surface area contributed by atoms with E-state index in [0.717, 1.165) is 24.2 Å². The van der Waals surface area contributed by atoms with Gasteiger partial charge in [0.2, 0.25) is 0 Å². The van der Waals surface area contributed by atoms with Crippen LogP contribution in [0.2, 0.25) is 0 Å². The van der Waals surface area contributed by atoms with Crippen molar-refractivity contribution in [3.63, 3.8) is 0 Å². The summed E-state index contributed by atoms with van der Waals surface area (Å²) in [6.07, 6.45) is 1.09. The molecule has 3 rings (SSSR count). The first-order valence-electron chi connectivity index (χ1n) is 6.85. The lowest BCUT2D eigenvalue weighted by Crippen LogP contribution is -2.12. The molecule has 1 aliphatic rings. The molecule has 0 aromatic heterocycles. The zero-order chi connectivity index (χ0) is 14.1. The van der Waals surface area contributed by atoms with Crippen LogP contribution in [0.1, 0.15) is 34.8 Å². The van der Waals surface area contributed by atoms with Crippen molar-refractivity contribution in [3.05, 3.63) is 64.5 Å². The molecular formula is C17H17FO2. The summed E-state index contributed by atoms with van der Waals surface area (Å²) < 4.78 is 19.3. The van der Waals surface area contributed by atoms with Gasteiger partial charge in [0, 0.05) is 5.56 Å². The Bertz CT molecular complexity index is 637. The van der Waals surface area contributed by atoms with Crippen molar-refractivity contribution >= 4 is 0 Å². The second-order valence-electron chi connectivity index (χ2n) is 5.20. The van der Waals surface area contributed by atoms with Crippen molar-refractivity contribution in [2.75, 3.05) is 6.61 Å². The average Bonchev–Trinajstić information content (AvgIpc) is 2.49. The maximum Gasteiger partial charge on any atom is 0.128 e. The number of hydrogen-bond donors (Lipinski definition) is 1. The van der Waals surface area contributed by atoms with Crippen LogP contribution >= 0.6 is 0 Å². The fourth-order valence-corrected chi connectivity index (χ4v) is 2.59. The predicted octanol–water partition coefficient (Wildman–Crippen LogP) is 3.54. The minimum absolute atomic E-state index is 0.299. The van der Waals surface area contributed by atoms with Crippen LogP contribution in [0, 0.1) is 12.7 Å². The van der Waals surface area contributed by atoms with E-state index < -0.39 is 6.10 Å². The molecule has 1 heterocycles. The van der Waals surface area contributed by atoms with Gasteiger partial charge in [0.05, 0.1) is 6.61 Å². The summed E-state index contributed by atoms with van der Waals surface area (Å²) >= 11 is 0. The van der Waals surface area contributed by atoms with Gasteiger partial charge in [-0.2, -0.15) is 0 Å². The van der Waals surface area contributed by atoms with Crippen LogP contribution in [0.4, 0.5) is 4.39 Å². The highest BCUT2D eigenvalue weighted by Gasteiger charge is 2.21. The highest BCUT2D eigenvalue weighted by Crippen LogP contribution is 2.35. The molecule has 1 N–H and O–H groups in total. The molecule has 2 aromatic carbocycles. The molecule has 0 aliphatic carbocycles. The van der Waals surface area contributed by atoms with Crippen LogP contribution in [0.15, 0.2) is 36.4 Å². The van der Waals surface area contributed by atoms with Crippen molar-refractivity contribution in [3.8, 4) is 5.75 Å². The van der Waals surface area contributed by atoms with Gasteiger partial charge in [-0.15, -0.1) is 0 Å². The Balaban J connectivity index is 2.02. The quantitative estimate of drug-likeness (QED) is 0.906. The van der Waals surface area contributed by atoms with Crippen LogP contribution in [-0.4, -0.2) is 11.7 Å². The van der Waals surface area contributed by atoms with Crippen LogP contribution in [-0.2, 0) is 6.42 Å². The number of halogens is 1. The van der Waals surface area contributed by atoms with Gasteiger partial charge in [-0.05, 0) is 42.5 Å². The highest BCUT2D eigenvalue weighted by atomic mass is 19.1. The summed E-state index contributed by atoms with van der Waals surface area (Å²) in [5.41, 5.74) is 2.95. The second-order valence-corrected chi connectivity index (χ2v) is 5.20. The maximum atomic E-state index is 13.7. The number of aliphatic hydroxyl groups excluding tert-OH is 1. The molecular weight excluding hydrogens is 255 g/mol. The largest absolute Gasteiger partial charge is 0.493 e. The Morgan fingerprint density at radius 3 is 2.90 bits per heavy atom. The van der Waals surface area contributed by atoms with Gasteiger partial charge in [-0.3, -0.25) is 0 Å². The van der Waals surface area contributed by atoms with Crippen LogP contribution in [0.3, 0.4) is 0 Å². The SMILES string of the molecule is Cc1ccc(C(O)c2cccc3c2OCCC3)cc1F. The average molecular weight is 272 g/mol. The third-order valence-corrected chi connectivity index (χ3v) is 3.77. The monoisotopic (exact) mass is 272 g/mol. The first-order valence-corrected chi connectivity index (χ1v) is 6.85. The van der Waals surface area contributed by atoms with Gasteiger partial charge in [-0.1, -0.05) is 30.3 Å². The molecule has 3 heteroatoms. The number of rotatable bonds is 2. The van der Waals surface area contributed by atoms with E-state index in [2.05, 4.69) is 0 Å². The maximum absolute atomic E-state index is 13.7. The van der Waals surface area contributed by atoms with E-state index in [1.165, 1.54) is 6.07 Å². The Labute approximate surface area is 117 Å². The van der Waals surface area contributed by atoms with E-state index in [1.54, 1.807) is 19.1 Å². The lowest BCUT2D eigenvalue weighted by Gasteiger charge is -2.23. The minimum atomic E-state index is -0.863. The summed E-state index contributed by atoms with van der Waals surface area (Å²) in [6, 6.07) is 10.6. The van der Waals surface area contributed by atoms with Crippen molar-refractivity contribution in [1.82, 2.24) is 0 Å². The molecule has 0 amide bonds. The topological polar surface area (TPSA) is 29.5 Å². The summed E-state index contributed by atoms with van der Waals surface area (Å²) in [5, 5.41) is 10.5. The van der Waals surface area contributed by atoms with Gasteiger partial charge in [-0.25, -0.2) is 4.39 Å². The van der Waals surface area contributed by atoms with Gasteiger partial charge in [0.15, 0.2) is 0 Å². The standard InChI is InChI=1S/C17H17FO2/c1-11-7-8-13(10-15(11)18)16(19)14-6-2-4-12-5-3-9-20-17(12)14/h2,4,6-8,10,16,19H,3,5,9H2,1H3. The third-order valence-electron chi connectivity index (χ3n) is 3.77. The molecule has 1 aliphatic heterocycles. The summed E-state index contributed by atoms with van der Waals surface area (Å²) in [7, 11) is 0. The fraction of sp³-hybridized carbons (Fsp3) is 0.294. The van der Waals surface area contributed by atoms with E-state index in [0.29, 0.717) is 23.3 Å². The van der Waals surface area contributed by atoms with E-state index in [1.807, 2.05) is 18.2 Å². The van der Waals surface area contributed by atoms with Gasteiger partial charge in [0.1, 0.15) is 17.7 Å². The van der Waals surface area contributed by atoms with E-state index in [-0.39, 0.29) is 5.82 Å². The Morgan fingerprint density at radius 1 is 1.25 bits per heavy atom. The smallest absolute Gasteiger partial charge is 0.128 e. The third kappa shape index (κ3) is 2.29. The zero-order valence-electron chi connectivity index (χ0n) is 11.4. The number of ether oxygens (including phenoxy) is 1. The lowest BCUT2D eigenvalue weighted by molar-refractivity contribution is 0.206. The van der Waals surface area contributed by atoms with E-state index in [4.69, 9.17) is 4.74 Å². The van der Waals surface area contributed by atoms with E-state index >= 15 is 0 Å². The molecule has 0 bridgehead atoms. The Morgan fingerprint density at radius 2 is 2.10 bits per heavy atom. The molecule has 0 spiro atoms. The Hall–Kier alpha value is -1.87. The molecule has 20 heavy (non-hydrogen) atoms. The van der Waals surface area contributed by atoms with Crippen molar-refractivity contribution in [2.24, 2.45) is 0 Å². The second kappa shape index (κ2) is 5.25. The normalized spacial score (nSPS) is 15.3. The van der Waals surface area contributed by atoms with Gasteiger partial charge >= 0.3 is 0 Å². The molecule has 0 saturated heterocycles. The highest BCUT2D eigenvalue weighted by molar-refractivity contribution is 5.47. The summed E-state index contributed by atoms with van der Waals surface area (Å²) in [4.78, 5) is 0. The van der Waals surface area contributed by atoms with Gasteiger partial charge < -0.3 is 9.84 Å². The number of aryl methyl sites for hydroxylation is 2. The molecule has 1 atom stereocenters. The number of aliphatic hydroxyl groups is 1. The van der Waals surface area contributed by atoms with Crippen LogP contribution in [0.25, 0.3) is 0 Å². The molecule has 0 fully saturated rings. The molecule has 2 nitrogen and oxygen atoms in total. The van der Waals surface area contributed by atoms with Crippen LogP contribution in [0.5, 0.6) is 5.75 Å². The number of hydrogen-bond acceptors (Lipinski definition) is 2. The first-order chi connectivity index (χ1) is 9.66. The molecule has 0 radical (unpaired) electrons. The van der Waals surface area contributed by atoms with E-state index in [9.17, 15) is 9.50 Å². The lowest BCUT2D eigenvalue weighted by atomic mass is 9.95. The molecule has 0 saturated carbocycles. The molecule has 104 valence electrons.